The maximum Gasteiger partial charge on any atom is 0.203 e. The predicted molar refractivity (Wildman–Crippen MR) is 148 cm³/mol. The Kier molecular flexibility index (Phi) is 8.01. The molecular weight excluding hydrogens is 487 g/mol. The number of nitrogens with zero attached hydrogens (tertiary/aromatic N) is 1. The van der Waals surface area contributed by atoms with E-state index in [1.54, 1.807) is 24.3 Å². The van der Waals surface area contributed by atoms with Crippen LogP contribution in [0.5, 0.6) is 23.0 Å². The molecule has 0 radical (unpaired) electrons. The maximum absolute atomic E-state index is 14.6. The first-order valence-corrected chi connectivity index (χ1v) is 11.8. The number of ether oxygens (including phenoxy) is 4. The largest absolute Gasteiger partial charge is 0.494 e. The minimum atomic E-state index is -0.515. The van der Waals surface area contributed by atoms with Gasteiger partial charge in [-0.15, -0.1) is 0 Å². The molecule has 7 nitrogen and oxygen atoms in total. The number of para-hydroxylation sites is 1. The summed E-state index contributed by atoms with van der Waals surface area (Å²) in [4.78, 5) is 12.9. The number of nitrogens with one attached hydrogen (secondary N) is 1. The first kappa shape index (κ1) is 26.3. The fourth-order valence-corrected chi connectivity index (χ4v) is 4.21. The van der Waals surface area contributed by atoms with Gasteiger partial charge in [0.05, 0.1) is 28.4 Å². The molecule has 0 spiro atoms. The van der Waals surface area contributed by atoms with Crippen molar-refractivity contribution in [1.29, 1.82) is 0 Å². The number of carbonyl (C=O) groups is 1. The van der Waals surface area contributed by atoms with Crippen molar-refractivity contribution in [2.24, 2.45) is 7.05 Å². The number of aryl methyl sites for hydroxylation is 1. The third kappa shape index (κ3) is 5.34. The van der Waals surface area contributed by atoms with Gasteiger partial charge in [0.1, 0.15) is 0 Å². The van der Waals surface area contributed by atoms with Gasteiger partial charge in [-0.05, 0) is 29.8 Å². The highest BCUT2D eigenvalue weighted by atomic mass is 19.1. The molecular formula is C30H29FN2O5. The average molecular weight is 517 g/mol. The highest BCUT2D eigenvalue weighted by Gasteiger charge is 2.14. The third-order valence-electron chi connectivity index (χ3n) is 6.10. The number of anilines is 1. The van der Waals surface area contributed by atoms with E-state index in [0.717, 1.165) is 16.5 Å². The van der Waals surface area contributed by atoms with Gasteiger partial charge in [-0.2, -0.15) is 0 Å². The Morgan fingerprint density at radius 3 is 2.24 bits per heavy atom. The molecule has 0 fully saturated rings. The van der Waals surface area contributed by atoms with Crippen molar-refractivity contribution in [2.45, 2.75) is 0 Å². The number of rotatable bonds is 10. The van der Waals surface area contributed by atoms with Gasteiger partial charge in [0.2, 0.25) is 5.75 Å². The number of hydrogen-bond donors (Lipinski definition) is 1. The number of allylic oxidation sites excluding steroid dienone is 1. The van der Waals surface area contributed by atoms with Gasteiger partial charge in [0.25, 0.3) is 0 Å². The number of aromatic nitrogens is 1. The van der Waals surface area contributed by atoms with Crippen molar-refractivity contribution in [3.05, 3.63) is 89.5 Å². The molecule has 0 aliphatic carbocycles. The lowest BCUT2D eigenvalue weighted by Gasteiger charge is -2.13. The molecule has 0 aliphatic heterocycles. The molecule has 3 aromatic carbocycles. The second kappa shape index (κ2) is 11.6. The van der Waals surface area contributed by atoms with Crippen molar-refractivity contribution >= 4 is 34.5 Å². The second-order valence-electron chi connectivity index (χ2n) is 8.38. The summed E-state index contributed by atoms with van der Waals surface area (Å²) in [7, 11) is 7.91. The summed E-state index contributed by atoms with van der Waals surface area (Å²) in [6.45, 7) is 0. The minimum Gasteiger partial charge on any atom is -0.494 e. The Morgan fingerprint density at radius 2 is 1.58 bits per heavy atom. The van der Waals surface area contributed by atoms with Crippen molar-refractivity contribution in [1.82, 2.24) is 4.57 Å². The van der Waals surface area contributed by atoms with Crippen molar-refractivity contribution in [3.63, 3.8) is 0 Å². The standard InChI is InChI=1S/C30H29FN2O5/c1-33-18-22(21-8-6-7-9-25(21)33)26(34)12-13-32-24-17-27(35-2)23(31)16-20(24)11-10-19-14-28(36-3)30(38-5)29(15-19)37-4/h6-18,32H,1-5H3/b11-10?,13-12-. The fraction of sp³-hybridized carbons (Fsp3) is 0.167. The smallest absolute Gasteiger partial charge is 0.203 e. The van der Waals surface area contributed by atoms with Crippen LogP contribution in [0.2, 0.25) is 0 Å². The summed E-state index contributed by atoms with van der Waals surface area (Å²) in [6, 6.07) is 14.2. The van der Waals surface area contributed by atoms with Crippen molar-refractivity contribution < 1.29 is 28.1 Å². The van der Waals surface area contributed by atoms with Crippen LogP contribution < -0.4 is 24.3 Å². The Labute approximate surface area is 220 Å². The molecule has 0 bridgehead atoms. The van der Waals surface area contributed by atoms with Gasteiger partial charge in [0, 0.05) is 59.3 Å². The van der Waals surface area contributed by atoms with Gasteiger partial charge in [0.15, 0.2) is 28.8 Å². The summed E-state index contributed by atoms with van der Waals surface area (Å²) >= 11 is 0. The number of carbonyl (C=O) groups excluding carboxylic acids is 1. The number of hydrogen-bond acceptors (Lipinski definition) is 6. The fourth-order valence-electron chi connectivity index (χ4n) is 4.21. The maximum atomic E-state index is 14.6. The van der Waals surface area contributed by atoms with Crippen LogP contribution in [-0.2, 0) is 7.05 Å². The van der Waals surface area contributed by atoms with Crippen molar-refractivity contribution in [3.8, 4) is 23.0 Å². The minimum absolute atomic E-state index is 0.0752. The van der Waals surface area contributed by atoms with Gasteiger partial charge < -0.3 is 28.8 Å². The van der Waals surface area contributed by atoms with Crippen LogP contribution in [0.15, 0.2) is 67.0 Å². The Balaban J connectivity index is 1.63. The van der Waals surface area contributed by atoms with Crippen LogP contribution in [-0.4, -0.2) is 38.8 Å². The summed E-state index contributed by atoms with van der Waals surface area (Å²) in [5, 5.41) is 3.97. The van der Waals surface area contributed by atoms with E-state index in [1.165, 1.54) is 52.8 Å². The van der Waals surface area contributed by atoms with Crippen LogP contribution in [0.1, 0.15) is 21.5 Å². The van der Waals surface area contributed by atoms with Gasteiger partial charge in [-0.1, -0.05) is 30.4 Å². The van der Waals surface area contributed by atoms with Gasteiger partial charge in [-0.25, -0.2) is 4.39 Å². The Bertz CT molecular complexity index is 1510. The van der Waals surface area contributed by atoms with Crippen LogP contribution in [0.4, 0.5) is 10.1 Å². The Morgan fingerprint density at radius 1 is 0.895 bits per heavy atom. The molecule has 38 heavy (non-hydrogen) atoms. The zero-order chi connectivity index (χ0) is 27.2. The van der Waals surface area contributed by atoms with E-state index in [9.17, 15) is 9.18 Å². The van der Waals surface area contributed by atoms with Crippen LogP contribution in [0.25, 0.3) is 23.1 Å². The zero-order valence-electron chi connectivity index (χ0n) is 21.9. The molecule has 0 amide bonds. The molecule has 196 valence electrons. The monoisotopic (exact) mass is 516 g/mol. The number of fused-ring (bicyclic) bond motifs is 1. The quantitative estimate of drug-likeness (QED) is 0.151. The van der Waals surface area contributed by atoms with Crippen molar-refractivity contribution in [2.75, 3.05) is 33.8 Å². The summed E-state index contributed by atoms with van der Waals surface area (Å²) in [6.07, 6.45) is 8.33. The van der Waals surface area contributed by atoms with E-state index in [2.05, 4.69) is 5.32 Å². The molecule has 0 atom stereocenters. The summed E-state index contributed by atoms with van der Waals surface area (Å²) in [5.74, 6) is 0.884. The topological polar surface area (TPSA) is 71.0 Å². The third-order valence-corrected chi connectivity index (χ3v) is 6.10. The molecule has 1 N–H and O–H groups in total. The highest BCUT2D eigenvalue weighted by Crippen LogP contribution is 2.39. The highest BCUT2D eigenvalue weighted by molar-refractivity contribution is 6.13. The molecule has 0 unspecified atom stereocenters. The van der Waals surface area contributed by atoms with E-state index in [0.29, 0.717) is 34.1 Å². The average Bonchev–Trinajstić information content (AvgIpc) is 3.28. The SMILES string of the molecule is COc1cc(N/C=C\C(=O)c2cn(C)c3ccccc23)c(C=Cc2cc(OC)c(OC)c(OC)c2)cc1F. The Hall–Kier alpha value is -4.72. The van der Waals surface area contributed by atoms with Crippen LogP contribution in [0, 0.1) is 5.82 Å². The normalized spacial score (nSPS) is 11.3. The lowest BCUT2D eigenvalue weighted by molar-refractivity contribution is 0.104. The van der Waals surface area contributed by atoms with E-state index >= 15 is 0 Å². The lowest BCUT2D eigenvalue weighted by atomic mass is 10.1. The molecule has 0 saturated heterocycles. The van der Waals surface area contributed by atoms with Gasteiger partial charge >= 0.3 is 0 Å². The summed E-state index contributed by atoms with van der Waals surface area (Å²) < 4.78 is 37.9. The lowest BCUT2D eigenvalue weighted by Crippen LogP contribution is -1.98. The zero-order valence-corrected chi connectivity index (χ0v) is 21.9. The number of benzene rings is 3. The van der Waals surface area contributed by atoms with E-state index in [-0.39, 0.29) is 11.5 Å². The van der Waals surface area contributed by atoms with E-state index < -0.39 is 5.82 Å². The molecule has 1 aromatic heterocycles. The van der Waals surface area contributed by atoms with E-state index in [4.69, 9.17) is 18.9 Å². The first-order valence-electron chi connectivity index (χ1n) is 11.8. The first-order chi connectivity index (χ1) is 18.4. The van der Waals surface area contributed by atoms with Crippen LogP contribution >= 0.6 is 0 Å². The predicted octanol–water partition coefficient (Wildman–Crippen LogP) is 6.33. The molecule has 0 saturated carbocycles. The van der Waals surface area contributed by atoms with E-state index in [1.807, 2.05) is 42.1 Å². The summed E-state index contributed by atoms with van der Waals surface area (Å²) in [5.41, 5.74) is 3.41. The molecule has 0 aliphatic rings. The molecule has 1 heterocycles. The molecule has 8 heteroatoms. The number of halogens is 1. The second-order valence-corrected chi connectivity index (χ2v) is 8.38. The molecule has 4 rings (SSSR count). The number of methoxy groups -OCH3 is 4. The van der Waals surface area contributed by atoms with Gasteiger partial charge in [-0.3, -0.25) is 4.79 Å². The number of ketones is 1. The molecule has 4 aromatic rings. The van der Waals surface area contributed by atoms with Crippen LogP contribution in [0.3, 0.4) is 0 Å².